The fourth-order valence-electron chi connectivity index (χ4n) is 4.32. The molecule has 1 amide bonds. The molecule has 0 aliphatic carbocycles. The van der Waals surface area contributed by atoms with Gasteiger partial charge in [-0.15, -0.1) is 5.10 Å². The van der Waals surface area contributed by atoms with Gasteiger partial charge in [0.15, 0.2) is 11.6 Å². The van der Waals surface area contributed by atoms with E-state index < -0.39 is 0 Å². The number of para-hydroxylation sites is 2. The summed E-state index contributed by atoms with van der Waals surface area (Å²) in [5, 5.41) is 28.5. The fraction of sp³-hybridized carbons (Fsp3) is 0.250. The zero-order chi connectivity index (χ0) is 25.6. The van der Waals surface area contributed by atoms with Gasteiger partial charge in [0.2, 0.25) is 0 Å². The number of hydrogen-bond acceptors (Lipinski definition) is 7. The molecule has 0 unspecified atom stereocenters. The number of amides is 1. The normalized spacial score (nSPS) is 13.9. The zero-order valence-electron chi connectivity index (χ0n) is 20.4. The van der Waals surface area contributed by atoms with E-state index in [9.17, 15) is 15.0 Å². The second-order valence-electron chi connectivity index (χ2n) is 8.82. The van der Waals surface area contributed by atoms with Crippen molar-refractivity contribution in [1.82, 2.24) is 25.0 Å². The molecule has 0 bridgehead atoms. The predicted molar refractivity (Wildman–Crippen MR) is 140 cm³/mol. The summed E-state index contributed by atoms with van der Waals surface area (Å²) in [5.41, 5.74) is 2.04. The summed E-state index contributed by atoms with van der Waals surface area (Å²) in [6.07, 6.45) is 0.857. The Hall–Kier alpha value is -4.21. The number of carbonyl (C=O) groups excluding carboxylic acids is 1. The van der Waals surface area contributed by atoms with Crippen molar-refractivity contribution in [3.05, 3.63) is 78.4 Å². The highest BCUT2D eigenvalue weighted by Gasteiger charge is 2.20. The first-order chi connectivity index (χ1) is 18.1. The van der Waals surface area contributed by atoms with E-state index in [-0.39, 0.29) is 17.4 Å². The van der Waals surface area contributed by atoms with E-state index >= 15 is 0 Å². The van der Waals surface area contributed by atoms with Crippen LogP contribution < -0.4 is 5.32 Å². The molecule has 1 aromatic heterocycles. The molecule has 1 saturated heterocycles. The number of ether oxygens (including phenoxy) is 1. The summed E-state index contributed by atoms with van der Waals surface area (Å²) >= 11 is 0. The van der Waals surface area contributed by atoms with Crippen LogP contribution in [0, 0.1) is 0 Å². The average Bonchev–Trinajstić information content (AvgIpc) is 3.37. The number of aromatic hydroxyl groups is 2. The highest BCUT2D eigenvalue weighted by Crippen LogP contribution is 2.33. The standard InChI is InChI=1S/C28H29N5O4/c34-24-11-3-1-9-22(24)26-30-27(23-10-2-4-12-25(23)35)33(31-26)21-8-5-7-20(19-21)28(36)29-13-6-14-32-15-17-37-18-16-32/h1-5,7-12,19,34-35H,6,13-18H2,(H,29,36). The number of benzene rings is 3. The average molecular weight is 500 g/mol. The molecule has 5 rings (SSSR count). The molecule has 190 valence electrons. The third-order valence-corrected chi connectivity index (χ3v) is 6.29. The first-order valence-electron chi connectivity index (χ1n) is 12.3. The molecule has 37 heavy (non-hydrogen) atoms. The monoisotopic (exact) mass is 499 g/mol. The van der Waals surface area contributed by atoms with Gasteiger partial charge in [-0.2, -0.15) is 0 Å². The first kappa shape index (κ1) is 24.5. The van der Waals surface area contributed by atoms with E-state index in [0.29, 0.717) is 40.6 Å². The van der Waals surface area contributed by atoms with Crippen LogP contribution in [0.4, 0.5) is 0 Å². The van der Waals surface area contributed by atoms with E-state index in [0.717, 1.165) is 39.3 Å². The molecular formula is C28H29N5O4. The van der Waals surface area contributed by atoms with Crippen molar-refractivity contribution < 1.29 is 19.7 Å². The molecule has 1 fully saturated rings. The maximum atomic E-state index is 12.9. The maximum Gasteiger partial charge on any atom is 0.251 e. The van der Waals surface area contributed by atoms with Crippen LogP contribution in [-0.2, 0) is 4.74 Å². The summed E-state index contributed by atoms with van der Waals surface area (Å²) in [7, 11) is 0. The van der Waals surface area contributed by atoms with Gasteiger partial charge in [-0.1, -0.05) is 30.3 Å². The lowest BCUT2D eigenvalue weighted by Gasteiger charge is -2.26. The van der Waals surface area contributed by atoms with Crippen LogP contribution in [0.5, 0.6) is 11.5 Å². The lowest BCUT2D eigenvalue weighted by molar-refractivity contribution is 0.0374. The molecule has 9 heteroatoms. The van der Waals surface area contributed by atoms with Crippen LogP contribution in [0.3, 0.4) is 0 Å². The van der Waals surface area contributed by atoms with Crippen molar-refractivity contribution in [3.8, 4) is 40.0 Å². The van der Waals surface area contributed by atoms with E-state index in [1.807, 2.05) is 6.07 Å². The van der Waals surface area contributed by atoms with Gasteiger partial charge in [-0.25, -0.2) is 9.67 Å². The Morgan fingerprint density at radius 1 is 0.919 bits per heavy atom. The lowest BCUT2D eigenvalue weighted by atomic mass is 10.1. The molecular weight excluding hydrogens is 470 g/mol. The van der Waals surface area contributed by atoms with Gasteiger partial charge in [0, 0.05) is 25.2 Å². The largest absolute Gasteiger partial charge is 0.507 e. The van der Waals surface area contributed by atoms with E-state index in [4.69, 9.17) is 4.74 Å². The minimum Gasteiger partial charge on any atom is -0.507 e. The Morgan fingerprint density at radius 2 is 1.62 bits per heavy atom. The van der Waals surface area contributed by atoms with E-state index in [2.05, 4.69) is 20.3 Å². The van der Waals surface area contributed by atoms with Crippen LogP contribution >= 0.6 is 0 Å². The Labute approximate surface area is 215 Å². The highest BCUT2D eigenvalue weighted by molar-refractivity contribution is 5.94. The number of rotatable bonds is 8. The SMILES string of the molecule is O=C(NCCCN1CCOCC1)c1cccc(-n2nc(-c3ccccc3O)nc2-c2ccccc2O)c1. The second-order valence-corrected chi connectivity index (χ2v) is 8.82. The van der Waals surface area contributed by atoms with Crippen LogP contribution in [-0.4, -0.2) is 75.2 Å². The molecule has 0 spiro atoms. The van der Waals surface area contributed by atoms with Crippen molar-refractivity contribution in [3.63, 3.8) is 0 Å². The number of phenolic OH excluding ortho intramolecular Hbond substituents is 2. The topological polar surface area (TPSA) is 113 Å². The van der Waals surface area contributed by atoms with Gasteiger partial charge in [0.05, 0.1) is 30.0 Å². The highest BCUT2D eigenvalue weighted by atomic mass is 16.5. The summed E-state index contributed by atoms with van der Waals surface area (Å²) in [6.45, 7) is 4.86. The minimum atomic E-state index is -0.172. The number of aromatic nitrogens is 3. The zero-order valence-corrected chi connectivity index (χ0v) is 20.4. The number of nitrogens with zero attached hydrogens (tertiary/aromatic N) is 4. The van der Waals surface area contributed by atoms with Gasteiger partial charge in [0.1, 0.15) is 11.5 Å². The smallest absolute Gasteiger partial charge is 0.251 e. The number of nitrogens with one attached hydrogen (secondary N) is 1. The van der Waals surface area contributed by atoms with Gasteiger partial charge < -0.3 is 20.3 Å². The summed E-state index contributed by atoms with van der Waals surface area (Å²) in [5.74, 6) is 0.616. The Balaban J connectivity index is 1.40. The third kappa shape index (κ3) is 5.63. The molecule has 0 radical (unpaired) electrons. The fourth-order valence-corrected chi connectivity index (χ4v) is 4.32. The quantitative estimate of drug-likeness (QED) is 0.318. The number of morpholine rings is 1. The van der Waals surface area contributed by atoms with Crippen LogP contribution in [0.2, 0.25) is 0 Å². The van der Waals surface area contributed by atoms with Crippen molar-refractivity contribution in [2.45, 2.75) is 6.42 Å². The molecule has 2 heterocycles. The van der Waals surface area contributed by atoms with Crippen molar-refractivity contribution in [2.75, 3.05) is 39.4 Å². The number of phenols is 2. The second kappa shape index (κ2) is 11.2. The molecule has 4 aromatic rings. The van der Waals surface area contributed by atoms with E-state index in [1.54, 1.807) is 71.4 Å². The lowest BCUT2D eigenvalue weighted by Crippen LogP contribution is -2.38. The first-order valence-corrected chi connectivity index (χ1v) is 12.3. The molecule has 3 aromatic carbocycles. The summed E-state index contributed by atoms with van der Waals surface area (Å²) in [6, 6.07) is 20.8. The third-order valence-electron chi connectivity index (χ3n) is 6.29. The molecule has 1 aliphatic heterocycles. The summed E-state index contributed by atoms with van der Waals surface area (Å²) < 4.78 is 6.95. The van der Waals surface area contributed by atoms with E-state index in [1.165, 1.54) is 0 Å². The maximum absolute atomic E-state index is 12.9. The molecule has 3 N–H and O–H groups in total. The molecule has 0 saturated carbocycles. The predicted octanol–water partition coefficient (Wildman–Crippen LogP) is 3.46. The molecule has 9 nitrogen and oxygen atoms in total. The van der Waals surface area contributed by atoms with Gasteiger partial charge in [-0.05, 0) is 55.4 Å². The Kier molecular flexibility index (Phi) is 7.43. The van der Waals surface area contributed by atoms with Crippen LogP contribution in [0.1, 0.15) is 16.8 Å². The van der Waals surface area contributed by atoms with Crippen LogP contribution in [0.25, 0.3) is 28.5 Å². The van der Waals surface area contributed by atoms with Gasteiger partial charge >= 0.3 is 0 Å². The number of hydrogen-bond donors (Lipinski definition) is 3. The van der Waals surface area contributed by atoms with Gasteiger partial charge in [-0.3, -0.25) is 9.69 Å². The van der Waals surface area contributed by atoms with Crippen molar-refractivity contribution in [2.24, 2.45) is 0 Å². The Bertz CT molecular complexity index is 1380. The summed E-state index contributed by atoms with van der Waals surface area (Å²) in [4.78, 5) is 19.9. The van der Waals surface area contributed by atoms with Crippen LogP contribution in [0.15, 0.2) is 72.8 Å². The van der Waals surface area contributed by atoms with Gasteiger partial charge in [0.25, 0.3) is 5.91 Å². The van der Waals surface area contributed by atoms with Crippen molar-refractivity contribution in [1.29, 1.82) is 0 Å². The van der Waals surface area contributed by atoms with Crippen molar-refractivity contribution >= 4 is 5.91 Å². The minimum absolute atomic E-state index is 0.0497. The Morgan fingerprint density at radius 3 is 2.35 bits per heavy atom. The molecule has 1 aliphatic rings. The number of carbonyl (C=O) groups is 1. The molecule has 0 atom stereocenters.